The SMILES string of the molecule is CCCCOc1ccc(N2C(=O)NC(=O)/C(=C/c3cc(Cl)c(OCc4ccccc4Cl)c(OCC)c3)C2=O)cc1. The van der Waals surface area contributed by atoms with E-state index in [0.29, 0.717) is 46.7 Å². The van der Waals surface area contributed by atoms with Crippen molar-refractivity contribution in [1.82, 2.24) is 5.32 Å². The van der Waals surface area contributed by atoms with Gasteiger partial charge < -0.3 is 14.2 Å². The van der Waals surface area contributed by atoms with Crippen LogP contribution >= 0.6 is 23.2 Å². The Hall–Kier alpha value is -4.01. The van der Waals surface area contributed by atoms with E-state index in [1.165, 1.54) is 6.08 Å². The van der Waals surface area contributed by atoms with Crippen molar-refractivity contribution < 1.29 is 28.6 Å². The van der Waals surface area contributed by atoms with Crippen molar-refractivity contribution in [3.05, 3.63) is 87.4 Å². The van der Waals surface area contributed by atoms with E-state index in [4.69, 9.17) is 37.4 Å². The fraction of sp³-hybridized carbons (Fsp3) is 0.233. The van der Waals surface area contributed by atoms with E-state index >= 15 is 0 Å². The number of unbranched alkanes of at least 4 members (excludes halogenated alkanes) is 1. The molecule has 1 heterocycles. The maximum atomic E-state index is 13.3. The third-order valence-corrected chi connectivity index (χ3v) is 6.59. The van der Waals surface area contributed by atoms with Crippen molar-refractivity contribution in [2.24, 2.45) is 0 Å². The molecule has 3 aromatic rings. The van der Waals surface area contributed by atoms with Gasteiger partial charge in [-0.3, -0.25) is 14.9 Å². The zero-order valence-electron chi connectivity index (χ0n) is 22.0. The second-order valence-electron chi connectivity index (χ2n) is 8.80. The molecule has 0 bridgehead atoms. The first-order valence-electron chi connectivity index (χ1n) is 12.8. The van der Waals surface area contributed by atoms with Gasteiger partial charge in [0, 0.05) is 10.6 Å². The summed E-state index contributed by atoms with van der Waals surface area (Å²) in [6, 6.07) is 16.1. The lowest BCUT2D eigenvalue weighted by atomic mass is 10.1. The molecule has 1 saturated heterocycles. The number of nitrogens with one attached hydrogen (secondary N) is 1. The van der Waals surface area contributed by atoms with Crippen LogP contribution in [0.3, 0.4) is 0 Å². The highest BCUT2D eigenvalue weighted by atomic mass is 35.5. The van der Waals surface area contributed by atoms with Crippen LogP contribution in [0.5, 0.6) is 17.2 Å². The highest BCUT2D eigenvalue weighted by Gasteiger charge is 2.37. The highest BCUT2D eigenvalue weighted by molar-refractivity contribution is 6.39. The number of anilines is 1. The molecule has 8 nitrogen and oxygen atoms in total. The number of imide groups is 2. The van der Waals surface area contributed by atoms with Crippen molar-refractivity contribution in [1.29, 1.82) is 0 Å². The number of hydrogen-bond acceptors (Lipinski definition) is 6. The van der Waals surface area contributed by atoms with Crippen LogP contribution in [0, 0.1) is 0 Å². The number of ether oxygens (including phenoxy) is 3. The van der Waals surface area contributed by atoms with E-state index in [-0.39, 0.29) is 17.2 Å². The largest absolute Gasteiger partial charge is 0.494 e. The lowest BCUT2D eigenvalue weighted by Crippen LogP contribution is -2.54. The van der Waals surface area contributed by atoms with Gasteiger partial charge in [0.1, 0.15) is 17.9 Å². The molecule has 1 N–H and O–H groups in total. The van der Waals surface area contributed by atoms with Crippen molar-refractivity contribution >= 4 is 52.8 Å². The van der Waals surface area contributed by atoms with E-state index in [9.17, 15) is 14.4 Å². The second kappa shape index (κ2) is 13.4. The fourth-order valence-electron chi connectivity index (χ4n) is 3.92. The first-order valence-corrected chi connectivity index (χ1v) is 13.5. The summed E-state index contributed by atoms with van der Waals surface area (Å²) in [5, 5.41) is 2.98. The number of urea groups is 1. The van der Waals surface area contributed by atoms with Crippen LogP contribution in [-0.2, 0) is 16.2 Å². The third-order valence-electron chi connectivity index (χ3n) is 5.94. The maximum absolute atomic E-state index is 13.3. The van der Waals surface area contributed by atoms with Gasteiger partial charge in [0.2, 0.25) is 0 Å². The lowest BCUT2D eigenvalue weighted by Gasteiger charge is -2.26. The smallest absolute Gasteiger partial charge is 0.335 e. The molecule has 1 fully saturated rings. The van der Waals surface area contributed by atoms with Crippen molar-refractivity contribution in [2.75, 3.05) is 18.1 Å². The summed E-state index contributed by atoms with van der Waals surface area (Å²) in [6.07, 6.45) is 3.26. The van der Waals surface area contributed by atoms with Gasteiger partial charge in [-0.2, -0.15) is 0 Å². The molecule has 0 atom stereocenters. The van der Waals surface area contributed by atoms with E-state index < -0.39 is 17.8 Å². The topological polar surface area (TPSA) is 94.2 Å². The number of nitrogens with zero attached hydrogens (tertiary/aromatic N) is 1. The molecule has 10 heteroatoms. The van der Waals surface area contributed by atoms with Crippen molar-refractivity contribution in [3.8, 4) is 17.2 Å². The van der Waals surface area contributed by atoms with Crippen LogP contribution in [0.4, 0.5) is 10.5 Å². The van der Waals surface area contributed by atoms with Gasteiger partial charge in [0.15, 0.2) is 11.5 Å². The Morgan fingerprint density at radius 1 is 0.900 bits per heavy atom. The standard InChI is InChI=1S/C30H28Cl2N2O6/c1-3-5-14-39-22-12-10-21(11-13-22)34-29(36)23(28(35)33-30(34)37)15-19-16-25(32)27(26(17-19)38-4-2)40-18-20-8-6-7-9-24(20)31/h6-13,15-17H,3-5,14,18H2,1-2H3,(H,33,35,37)/b23-15-. The van der Waals surface area contributed by atoms with Crippen LogP contribution in [0.25, 0.3) is 6.08 Å². The van der Waals surface area contributed by atoms with Crippen LogP contribution in [0.15, 0.2) is 66.2 Å². The molecule has 0 aromatic heterocycles. The molecule has 1 aliphatic rings. The Bertz CT molecular complexity index is 1440. The number of rotatable bonds is 11. The Kier molecular flexibility index (Phi) is 9.69. The van der Waals surface area contributed by atoms with Gasteiger partial charge in [-0.15, -0.1) is 0 Å². The number of carbonyl (C=O) groups excluding carboxylic acids is 3. The molecule has 0 spiro atoms. The number of halogens is 2. The molecule has 4 rings (SSSR count). The summed E-state index contributed by atoms with van der Waals surface area (Å²) in [5.41, 5.74) is 1.22. The highest BCUT2D eigenvalue weighted by Crippen LogP contribution is 2.38. The lowest BCUT2D eigenvalue weighted by molar-refractivity contribution is -0.122. The van der Waals surface area contributed by atoms with Gasteiger partial charge in [0.05, 0.1) is 23.9 Å². The van der Waals surface area contributed by atoms with E-state index in [1.54, 1.807) is 49.4 Å². The van der Waals surface area contributed by atoms with Gasteiger partial charge >= 0.3 is 6.03 Å². The quantitative estimate of drug-likeness (QED) is 0.151. The minimum absolute atomic E-state index is 0.153. The van der Waals surface area contributed by atoms with Gasteiger partial charge in [0.25, 0.3) is 11.8 Å². The fourth-order valence-corrected chi connectivity index (χ4v) is 4.39. The maximum Gasteiger partial charge on any atom is 0.335 e. The van der Waals surface area contributed by atoms with Crippen LogP contribution in [0.2, 0.25) is 10.0 Å². The molecule has 40 heavy (non-hydrogen) atoms. The summed E-state index contributed by atoms with van der Waals surface area (Å²) in [5.74, 6) is -0.364. The van der Waals surface area contributed by atoms with E-state index in [0.717, 1.165) is 23.3 Å². The number of amides is 4. The van der Waals surface area contributed by atoms with Gasteiger partial charge in [-0.25, -0.2) is 9.69 Å². The number of hydrogen-bond donors (Lipinski definition) is 1. The van der Waals surface area contributed by atoms with Crippen LogP contribution in [-0.4, -0.2) is 31.1 Å². The summed E-state index contributed by atoms with van der Waals surface area (Å²) >= 11 is 12.8. The minimum Gasteiger partial charge on any atom is -0.494 e. The summed E-state index contributed by atoms with van der Waals surface area (Å²) in [4.78, 5) is 39.5. The predicted molar refractivity (Wildman–Crippen MR) is 154 cm³/mol. The summed E-state index contributed by atoms with van der Waals surface area (Å²) in [7, 11) is 0. The van der Waals surface area contributed by atoms with E-state index in [1.807, 2.05) is 18.2 Å². The Balaban J connectivity index is 1.60. The molecule has 0 saturated carbocycles. The van der Waals surface area contributed by atoms with Gasteiger partial charge in [-0.05, 0) is 67.4 Å². The summed E-state index contributed by atoms with van der Waals surface area (Å²) in [6.45, 7) is 4.91. The average molecular weight is 583 g/mol. The Morgan fingerprint density at radius 3 is 2.35 bits per heavy atom. The summed E-state index contributed by atoms with van der Waals surface area (Å²) < 4.78 is 17.3. The first kappa shape index (κ1) is 29.0. The minimum atomic E-state index is -0.844. The number of benzene rings is 3. The number of carbonyl (C=O) groups is 3. The number of barbiturate groups is 1. The molecule has 0 aliphatic carbocycles. The molecule has 0 radical (unpaired) electrons. The molecule has 1 aliphatic heterocycles. The van der Waals surface area contributed by atoms with Crippen LogP contribution in [0.1, 0.15) is 37.8 Å². The van der Waals surface area contributed by atoms with Crippen molar-refractivity contribution in [3.63, 3.8) is 0 Å². The normalized spacial score (nSPS) is 14.3. The monoisotopic (exact) mass is 582 g/mol. The molecule has 208 valence electrons. The molecule has 3 aromatic carbocycles. The molecular weight excluding hydrogens is 555 g/mol. The zero-order valence-corrected chi connectivity index (χ0v) is 23.6. The molecule has 0 unspecified atom stereocenters. The molecular formula is C30H28Cl2N2O6. The Labute approximate surface area is 242 Å². The van der Waals surface area contributed by atoms with Gasteiger partial charge in [-0.1, -0.05) is 54.7 Å². The average Bonchev–Trinajstić information content (AvgIpc) is 2.92. The van der Waals surface area contributed by atoms with E-state index in [2.05, 4.69) is 12.2 Å². The predicted octanol–water partition coefficient (Wildman–Crippen LogP) is 6.82. The Morgan fingerprint density at radius 2 is 1.65 bits per heavy atom. The van der Waals surface area contributed by atoms with Crippen molar-refractivity contribution in [2.45, 2.75) is 33.3 Å². The first-order chi connectivity index (χ1) is 19.3. The van der Waals surface area contributed by atoms with Crippen LogP contribution < -0.4 is 24.4 Å². The molecule has 4 amide bonds. The second-order valence-corrected chi connectivity index (χ2v) is 9.61. The third kappa shape index (κ3) is 6.76. The zero-order chi connectivity index (χ0) is 28.6.